The first-order valence-corrected chi connectivity index (χ1v) is 8.99. The second kappa shape index (κ2) is 5.68. The van der Waals surface area contributed by atoms with Gasteiger partial charge >= 0.3 is 0 Å². The van der Waals surface area contributed by atoms with E-state index in [1.54, 1.807) is 12.1 Å². The molecular formula is C19H18FNOS. The Morgan fingerprint density at radius 1 is 1.09 bits per heavy atom. The van der Waals surface area contributed by atoms with Gasteiger partial charge in [0.05, 0.1) is 5.41 Å². The molecule has 2 nitrogen and oxygen atoms in total. The van der Waals surface area contributed by atoms with E-state index in [0.29, 0.717) is 0 Å². The maximum Gasteiger partial charge on any atom is 0.234 e. The Morgan fingerprint density at radius 3 is 2.43 bits per heavy atom. The van der Waals surface area contributed by atoms with Crippen LogP contribution < -0.4 is 0 Å². The maximum absolute atomic E-state index is 13.2. The zero-order valence-electron chi connectivity index (χ0n) is 12.7. The molecule has 4 rings (SSSR count). The van der Waals surface area contributed by atoms with Crippen molar-refractivity contribution < 1.29 is 9.18 Å². The highest BCUT2D eigenvalue weighted by Crippen LogP contribution is 2.52. The van der Waals surface area contributed by atoms with Crippen LogP contribution in [0.5, 0.6) is 0 Å². The summed E-state index contributed by atoms with van der Waals surface area (Å²) in [6, 6.07) is 16.6. The Bertz CT molecular complexity index is 712. The lowest BCUT2D eigenvalue weighted by Crippen LogP contribution is -2.38. The van der Waals surface area contributed by atoms with Crippen molar-refractivity contribution in [1.82, 2.24) is 4.90 Å². The zero-order valence-corrected chi connectivity index (χ0v) is 13.6. The minimum Gasteiger partial charge on any atom is -0.325 e. The van der Waals surface area contributed by atoms with Crippen LogP contribution in [0.2, 0.25) is 0 Å². The molecule has 2 aliphatic rings. The summed E-state index contributed by atoms with van der Waals surface area (Å²) in [5.41, 5.74) is 1.71. The Labute approximate surface area is 139 Å². The Morgan fingerprint density at radius 2 is 1.78 bits per heavy atom. The number of thioether (sulfide) groups is 1. The van der Waals surface area contributed by atoms with Gasteiger partial charge in [0.15, 0.2) is 0 Å². The van der Waals surface area contributed by atoms with Crippen molar-refractivity contribution in [3.8, 4) is 0 Å². The summed E-state index contributed by atoms with van der Waals surface area (Å²) < 4.78 is 13.2. The summed E-state index contributed by atoms with van der Waals surface area (Å²) in [4.78, 5) is 15.2. The Kier molecular flexibility index (Phi) is 3.64. The third-order valence-corrected chi connectivity index (χ3v) is 6.05. The van der Waals surface area contributed by atoms with Crippen LogP contribution in [0.4, 0.5) is 4.39 Å². The van der Waals surface area contributed by atoms with Crippen molar-refractivity contribution in [2.24, 2.45) is 0 Å². The van der Waals surface area contributed by atoms with Gasteiger partial charge in [0.2, 0.25) is 5.91 Å². The van der Waals surface area contributed by atoms with E-state index in [0.717, 1.165) is 30.7 Å². The number of amides is 1. The number of rotatable bonds is 3. The fourth-order valence-corrected chi connectivity index (χ4v) is 4.62. The van der Waals surface area contributed by atoms with Crippen molar-refractivity contribution >= 4 is 17.7 Å². The van der Waals surface area contributed by atoms with Gasteiger partial charge in [-0.3, -0.25) is 4.79 Å². The first-order valence-electron chi connectivity index (χ1n) is 7.94. The van der Waals surface area contributed by atoms with Crippen LogP contribution in [0, 0.1) is 5.82 Å². The van der Waals surface area contributed by atoms with Crippen LogP contribution in [-0.2, 0) is 10.2 Å². The van der Waals surface area contributed by atoms with E-state index in [9.17, 15) is 9.18 Å². The average molecular weight is 327 g/mol. The molecule has 1 saturated carbocycles. The number of benzene rings is 2. The molecule has 1 saturated heterocycles. The highest BCUT2D eigenvalue weighted by Gasteiger charge is 2.54. The van der Waals surface area contributed by atoms with E-state index < -0.39 is 5.41 Å². The topological polar surface area (TPSA) is 20.3 Å². The SMILES string of the molecule is O=C(N1CCSC1c1ccccc1)C1(c2ccc(F)cc2)CC1. The van der Waals surface area contributed by atoms with Gasteiger partial charge in [-0.2, -0.15) is 0 Å². The van der Waals surface area contributed by atoms with Gasteiger partial charge in [0.1, 0.15) is 11.2 Å². The molecular weight excluding hydrogens is 309 g/mol. The molecule has 2 fully saturated rings. The fourth-order valence-electron chi connectivity index (χ4n) is 3.37. The van der Waals surface area contributed by atoms with Crippen LogP contribution in [0.25, 0.3) is 0 Å². The number of hydrogen-bond donors (Lipinski definition) is 0. The van der Waals surface area contributed by atoms with E-state index in [1.165, 1.54) is 17.7 Å². The van der Waals surface area contributed by atoms with Gasteiger partial charge in [-0.15, -0.1) is 11.8 Å². The lowest BCUT2D eigenvalue weighted by atomic mass is 9.94. The van der Waals surface area contributed by atoms with Gasteiger partial charge in [0.25, 0.3) is 0 Å². The van der Waals surface area contributed by atoms with Gasteiger partial charge < -0.3 is 4.90 Å². The predicted octanol–water partition coefficient (Wildman–Crippen LogP) is 4.13. The highest BCUT2D eigenvalue weighted by atomic mass is 32.2. The minimum absolute atomic E-state index is 0.0987. The van der Waals surface area contributed by atoms with E-state index >= 15 is 0 Å². The molecule has 1 amide bonds. The van der Waals surface area contributed by atoms with Crippen LogP contribution in [-0.4, -0.2) is 23.1 Å². The lowest BCUT2D eigenvalue weighted by molar-refractivity contribution is -0.134. The quantitative estimate of drug-likeness (QED) is 0.845. The van der Waals surface area contributed by atoms with Crippen molar-refractivity contribution in [1.29, 1.82) is 0 Å². The first kappa shape index (κ1) is 14.8. The standard InChI is InChI=1S/C19H18FNOS/c20-16-8-6-15(7-9-16)19(10-11-19)18(22)21-12-13-23-17(21)14-4-2-1-3-5-14/h1-9,17H,10-13H2. The van der Waals surface area contributed by atoms with Crippen molar-refractivity contribution in [3.63, 3.8) is 0 Å². The van der Waals surface area contributed by atoms with Gasteiger partial charge in [-0.05, 0) is 36.1 Å². The molecule has 2 aromatic carbocycles. The first-order chi connectivity index (χ1) is 11.2. The molecule has 0 radical (unpaired) electrons. The molecule has 0 N–H and O–H groups in total. The maximum atomic E-state index is 13.2. The van der Waals surface area contributed by atoms with Gasteiger partial charge in [-0.1, -0.05) is 42.5 Å². The fraction of sp³-hybridized carbons (Fsp3) is 0.316. The van der Waals surface area contributed by atoms with Crippen molar-refractivity contribution in [3.05, 3.63) is 71.5 Å². The smallest absolute Gasteiger partial charge is 0.234 e. The Hall–Kier alpha value is -1.81. The molecule has 1 unspecified atom stereocenters. The van der Waals surface area contributed by atoms with E-state index in [1.807, 2.05) is 34.9 Å². The van der Waals surface area contributed by atoms with Crippen molar-refractivity contribution in [2.45, 2.75) is 23.6 Å². The summed E-state index contributed by atoms with van der Waals surface area (Å²) in [6.07, 6.45) is 1.72. The number of carbonyl (C=O) groups is 1. The molecule has 23 heavy (non-hydrogen) atoms. The van der Waals surface area contributed by atoms with E-state index in [2.05, 4.69) is 12.1 Å². The van der Waals surface area contributed by atoms with Crippen molar-refractivity contribution in [2.75, 3.05) is 12.3 Å². The second-order valence-electron chi connectivity index (χ2n) is 6.22. The normalized spacial score (nSPS) is 22.1. The summed E-state index contributed by atoms with van der Waals surface area (Å²) in [5, 5.41) is 0.0987. The van der Waals surface area contributed by atoms with Gasteiger partial charge in [0, 0.05) is 12.3 Å². The molecule has 1 aliphatic heterocycles. The molecule has 1 aliphatic carbocycles. The van der Waals surface area contributed by atoms with E-state index in [-0.39, 0.29) is 17.1 Å². The molecule has 118 valence electrons. The third-order valence-electron chi connectivity index (χ3n) is 4.79. The van der Waals surface area contributed by atoms with Crippen LogP contribution >= 0.6 is 11.8 Å². The summed E-state index contributed by atoms with van der Waals surface area (Å²) in [5.74, 6) is 0.906. The second-order valence-corrected chi connectivity index (χ2v) is 7.41. The molecule has 0 bridgehead atoms. The summed E-state index contributed by atoms with van der Waals surface area (Å²) >= 11 is 1.82. The van der Waals surface area contributed by atoms with Crippen LogP contribution in [0.3, 0.4) is 0 Å². The number of carbonyl (C=O) groups excluding carboxylic acids is 1. The average Bonchev–Trinajstić information content (AvgIpc) is 3.25. The zero-order chi connectivity index (χ0) is 15.9. The third kappa shape index (κ3) is 2.55. The lowest BCUT2D eigenvalue weighted by Gasteiger charge is -2.28. The number of hydrogen-bond acceptors (Lipinski definition) is 2. The minimum atomic E-state index is -0.425. The molecule has 4 heteroatoms. The monoisotopic (exact) mass is 327 g/mol. The predicted molar refractivity (Wildman–Crippen MR) is 90.7 cm³/mol. The summed E-state index contributed by atoms with van der Waals surface area (Å²) in [6.45, 7) is 0.784. The highest BCUT2D eigenvalue weighted by molar-refractivity contribution is 7.99. The molecule has 1 heterocycles. The Balaban J connectivity index is 1.62. The molecule has 0 spiro atoms. The number of halogens is 1. The molecule has 1 atom stereocenters. The summed E-state index contributed by atoms with van der Waals surface area (Å²) in [7, 11) is 0. The van der Waals surface area contributed by atoms with E-state index in [4.69, 9.17) is 0 Å². The van der Waals surface area contributed by atoms with Gasteiger partial charge in [-0.25, -0.2) is 4.39 Å². The number of nitrogens with zero attached hydrogens (tertiary/aromatic N) is 1. The van der Waals surface area contributed by atoms with Crippen LogP contribution in [0.15, 0.2) is 54.6 Å². The van der Waals surface area contributed by atoms with Crippen LogP contribution in [0.1, 0.15) is 29.3 Å². The molecule has 2 aromatic rings. The molecule has 0 aromatic heterocycles. The largest absolute Gasteiger partial charge is 0.325 e.